The Morgan fingerprint density at radius 2 is 1.66 bits per heavy atom. The molecule has 0 radical (unpaired) electrons. The minimum atomic E-state index is -0.990. The lowest BCUT2D eigenvalue weighted by atomic mass is 10.0. The van der Waals surface area contributed by atoms with Crippen molar-refractivity contribution < 1.29 is 9.90 Å². The van der Waals surface area contributed by atoms with Crippen LogP contribution in [0, 0.1) is 0 Å². The summed E-state index contributed by atoms with van der Waals surface area (Å²) in [5.41, 5.74) is 0.990. The van der Waals surface area contributed by atoms with E-state index in [1.807, 2.05) is 40.3 Å². The number of aromatic nitrogens is 5. The van der Waals surface area contributed by atoms with Gasteiger partial charge in [-0.25, -0.2) is 4.79 Å². The first-order valence-corrected chi connectivity index (χ1v) is 8.47. The SMILES string of the molecule is O=C(Nc1ccc(-c2nn[nH]c2-c2ccccc2)cc1)c1c(O)[nH]c(=O)[nH]c1=O. The number of nitrogens with one attached hydrogen (secondary N) is 4. The van der Waals surface area contributed by atoms with Crippen molar-refractivity contribution in [3.63, 3.8) is 0 Å². The van der Waals surface area contributed by atoms with Gasteiger partial charge in [-0.2, -0.15) is 0 Å². The lowest BCUT2D eigenvalue weighted by molar-refractivity contribution is 0.102. The lowest BCUT2D eigenvalue weighted by Crippen LogP contribution is -2.30. The summed E-state index contributed by atoms with van der Waals surface area (Å²) in [4.78, 5) is 39.0. The average Bonchev–Trinajstić information content (AvgIpc) is 3.18. The van der Waals surface area contributed by atoms with E-state index in [2.05, 4.69) is 20.7 Å². The third kappa shape index (κ3) is 3.54. The summed E-state index contributed by atoms with van der Waals surface area (Å²) >= 11 is 0. The number of anilines is 1. The van der Waals surface area contributed by atoms with Crippen molar-refractivity contribution in [1.82, 2.24) is 25.4 Å². The number of benzene rings is 2. The van der Waals surface area contributed by atoms with Crippen LogP contribution in [0.2, 0.25) is 0 Å². The maximum atomic E-state index is 12.3. The van der Waals surface area contributed by atoms with Gasteiger partial charge in [-0.05, 0) is 12.1 Å². The first kappa shape index (κ1) is 17.9. The number of aromatic amines is 3. The summed E-state index contributed by atoms with van der Waals surface area (Å²) in [5.74, 6) is -1.66. The Labute approximate surface area is 162 Å². The molecular weight excluding hydrogens is 376 g/mol. The number of hydrogen-bond acceptors (Lipinski definition) is 6. The van der Waals surface area contributed by atoms with Crippen LogP contribution >= 0.6 is 0 Å². The van der Waals surface area contributed by atoms with Crippen LogP contribution in [0.25, 0.3) is 22.5 Å². The molecule has 10 heteroatoms. The summed E-state index contributed by atoms with van der Waals surface area (Å²) in [6.45, 7) is 0. The van der Waals surface area contributed by atoms with Crippen LogP contribution in [-0.2, 0) is 0 Å². The number of amides is 1. The van der Waals surface area contributed by atoms with Crippen LogP contribution in [0.1, 0.15) is 10.4 Å². The van der Waals surface area contributed by atoms with Crippen molar-refractivity contribution in [2.24, 2.45) is 0 Å². The molecule has 2 aromatic heterocycles. The molecule has 1 amide bonds. The van der Waals surface area contributed by atoms with E-state index in [-0.39, 0.29) is 0 Å². The molecule has 2 heterocycles. The van der Waals surface area contributed by atoms with Gasteiger partial charge in [0.05, 0.1) is 5.69 Å². The highest BCUT2D eigenvalue weighted by Crippen LogP contribution is 2.28. The Kier molecular flexibility index (Phi) is 4.49. The number of aromatic hydroxyl groups is 1. The number of nitrogens with zero attached hydrogens (tertiary/aromatic N) is 2. The second-order valence-corrected chi connectivity index (χ2v) is 6.06. The molecule has 0 saturated heterocycles. The third-order valence-corrected chi connectivity index (χ3v) is 4.18. The van der Waals surface area contributed by atoms with Crippen molar-refractivity contribution in [2.75, 3.05) is 5.32 Å². The van der Waals surface area contributed by atoms with Crippen LogP contribution in [0.5, 0.6) is 5.88 Å². The van der Waals surface area contributed by atoms with E-state index >= 15 is 0 Å². The Bertz CT molecular complexity index is 1290. The standard InChI is InChI=1S/C19H14N6O4/c26-16(13-17(27)21-19(29)22-18(13)28)20-12-8-6-11(7-9-12)15-14(23-25-24-15)10-4-2-1-3-5-10/h1-9H,(H,20,26)(H,23,24,25)(H3,21,22,27,28,29). The van der Waals surface area contributed by atoms with Gasteiger partial charge in [-0.3, -0.25) is 24.7 Å². The summed E-state index contributed by atoms with van der Waals surface area (Å²) in [7, 11) is 0. The minimum absolute atomic E-state index is 0.383. The van der Waals surface area contributed by atoms with Crippen molar-refractivity contribution >= 4 is 11.6 Å². The molecule has 0 atom stereocenters. The zero-order valence-electron chi connectivity index (χ0n) is 14.8. The van der Waals surface area contributed by atoms with Gasteiger partial charge in [0.2, 0.25) is 5.88 Å². The average molecular weight is 390 g/mol. The second-order valence-electron chi connectivity index (χ2n) is 6.06. The fraction of sp³-hybridized carbons (Fsp3) is 0. The molecule has 0 fully saturated rings. The molecule has 0 aliphatic rings. The van der Waals surface area contributed by atoms with Gasteiger partial charge in [0.25, 0.3) is 11.5 Å². The molecule has 2 aromatic carbocycles. The minimum Gasteiger partial charge on any atom is -0.494 e. The molecule has 4 aromatic rings. The van der Waals surface area contributed by atoms with Crippen molar-refractivity contribution in [1.29, 1.82) is 0 Å². The number of hydrogen-bond donors (Lipinski definition) is 5. The highest BCUT2D eigenvalue weighted by Gasteiger charge is 2.18. The molecule has 0 spiro atoms. The van der Waals surface area contributed by atoms with Gasteiger partial charge < -0.3 is 10.4 Å². The number of carbonyl (C=O) groups is 1. The molecule has 0 aliphatic heterocycles. The summed E-state index contributed by atoms with van der Waals surface area (Å²) in [6.07, 6.45) is 0. The van der Waals surface area contributed by atoms with Gasteiger partial charge in [0.1, 0.15) is 5.69 Å². The Hall–Kier alpha value is -4.47. The predicted octanol–water partition coefficient (Wildman–Crippen LogP) is 1.47. The molecule has 0 saturated carbocycles. The quantitative estimate of drug-likeness (QED) is 0.355. The molecule has 144 valence electrons. The molecule has 5 N–H and O–H groups in total. The monoisotopic (exact) mass is 390 g/mol. The van der Waals surface area contributed by atoms with E-state index in [4.69, 9.17) is 0 Å². The Morgan fingerprint density at radius 1 is 0.931 bits per heavy atom. The van der Waals surface area contributed by atoms with Crippen molar-refractivity contribution in [3.8, 4) is 28.4 Å². The maximum Gasteiger partial charge on any atom is 0.328 e. The maximum absolute atomic E-state index is 12.3. The highest BCUT2D eigenvalue weighted by atomic mass is 16.3. The normalized spacial score (nSPS) is 10.6. The van der Waals surface area contributed by atoms with Crippen LogP contribution in [-0.4, -0.2) is 36.4 Å². The topological polar surface area (TPSA) is 157 Å². The first-order chi connectivity index (χ1) is 14.0. The molecule has 10 nitrogen and oxygen atoms in total. The smallest absolute Gasteiger partial charge is 0.328 e. The molecule has 0 aliphatic carbocycles. The highest BCUT2D eigenvalue weighted by molar-refractivity contribution is 6.05. The largest absolute Gasteiger partial charge is 0.494 e. The van der Waals surface area contributed by atoms with Gasteiger partial charge in [0, 0.05) is 16.8 Å². The number of rotatable bonds is 4. The molecule has 29 heavy (non-hydrogen) atoms. The van der Waals surface area contributed by atoms with Crippen LogP contribution in [0.4, 0.5) is 5.69 Å². The summed E-state index contributed by atoms with van der Waals surface area (Å²) < 4.78 is 0. The zero-order valence-corrected chi connectivity index (χ0v) is 14.8. The van der Waals surface area contributed by atoms with Crippen LogP contribution < -0.4 is 16.6 Å². The van der Waals surface area contributed by atoms with E-state index in [0.717, 1.165) is 16.8 Å². The zero-order chi connectivity index (χ0) is 20.4. The molecule has 0 bridgehead atoms. The first-order valence-electron chi connectivity index (χ1n) is 8.47. The Morgan fingerprint density at radius 3 is 2.34 bits per heavy atom. The van der Waals surface area contributed by atoms with E-state index < -0.39 is 28.6 Å². The van der Waals surface area contributed by atoms with Gasteiger partial charge in [0.15, 0.2) is 5.56 Å². The molecule has 4 rings (SSSR count). The van der Waals surface area contributed by atoms with Crippen LogP contribution in [0.3, 0.4) is 0 Å². The van der Waals surface area contributed by atoms with E-state index in [1.54, 1.807) is 24.3 Å². The van der Waals surface area contributed by atoms with E-state index in [9.17, 15) is 19.5 Å². The predicted molar refractivity (Wildman–Crippen MR) is 105 cm³/mol. The van der Waals surface area contributed by atoms with E-state index in [0.29, 0.717) is 11.4 Å². The summed E-state index contributed by atoms with van der Waals surface area (Å²) in [5, 5.41) is 23.0. The van der Waals surface area contributed by atoms with E-state index in [1.165, 1.54) is 0 Å². The lowest BCUT2D eigenvalue weighted by Gasteiger charge is -2.07. The van der Waals surface area contributed by atoms with Gasteiger partial charge in [-0.15, -0.1) is 5.10 Å². The number of carbonyl (C=O) groups excluding carboxylic acids is 1. The number of H-pyrrole nitrogens is 3. The van der Waals surface area contributed by atoms with Crippen molar-refractivity contribution in [3.05, 3.63) is 81.0 Å². The fourth-order valence-corrected chi connectivity index (χ4v) is 2.83. The fourth-order valence-electron chi connectivity index (χ4n) is 2.83. The molecular formula is C19H14N6O4. The van der Waals surface area contributed by atoms with Crippen molar-refractivity contribution in [2.45, 2.75) is 0 Å². The van der Waals surface area contributed by atoms with Gasteiger partial charge >= 0.3 is 5.69 Å². The second kappa shape index (κ2) is 7.27. The molecule has 0 unspecified atom stereocenters. The van der Waals surface area contributed by atoms with Crippen LogP contribution in [0.15, 0.2) is 64.2 Å². The third-order valence-electron chi connectivity index (χ3n) is 4.18. The Balaban J connectivity index is 1.59. The summed E-state index contributed by atoms with van der Waals surface area (Å²) in [6, 6.07) is 16.3. The van der Waals surface area contributed by atoms with Gasteiger partial charge in [-0.1, -0.05) is 47.7 Å².